The topological polar surface area (TPSA) is 32.3 Å². The van der Waals surface area contributed by atoms with Gasteiger partial charge in [-0.25, -0.2) is 0 Å². The molecule has 1 aromatic carbocycles. The average molecular weight is 319 g/mol. The molecule has 1 aromatic heterocycles. The summed E-state index contributed by atoms with van der Waals surface area (Å²) in [7, 11) is 0. The minimum absolute atomic E-state index is 0.151. The van der Waals surface area contributed by atoms with Crippen molar-refractivity contribution >= 4 is 23.1 Å². The molecule has 0 spiro atoms. The van der Waals surface area contributed by atoms with Crippen molar-refractivity contribution in [3.63, 3.8) is 0 Å². The molecule has 112 valence electrons. The van der Waals surface area contributed by atoms with Crippen molar-refractivity contribution in [2.24, 2.45) is 0 Å². The van der Waals surface area contributed by atoms with E-state index in [0.29, 0.717) is 6.04 Å². The molecule has 1 saturated carbocycles. The third kappa shape index (κ3) is 3.89. The summed E-state index contributed by atoms with van der Waals surface area (Å²) >= 11 is 3.66. The molecule has 3 rings (SSSR count). The van der Waals surface area contributed by atoms with Crippen LogP contribution in [-0.2, 0) is 5.54 Å². The number of benzene rings is 1. The molecule has 2 nitrogen and oxygen atoms in total. The third-order valence-electron chi connectivity index (χ3n) is 3.92. The van der Waals surface area contributed by atoms with Crippen LogP contribution in [0.2, 0.25) is 0 Å². The molecule has 0 bridgehead atoms. The van der Waals surface area contributed by atoms with Crippen LogP contribution in [0.5, 0.6) is 0 Å². The van der Waals surface area contributed by atoms with E-state index in [1.807, 2.05) is 17.8 Å². The number of nitrogens with one attached hydrogen (secondary N) is 1. The van der Waals surface area contributed by atoms with Crippen molar-refractivity contribution in [2.45, 2.75) is 35.1 Å². The Morgan fingerprint density at radius 1 is 1.19 bits per heavy atom. The first-order valence-corrected chi connectivity index (χ1v) is 9.29. The monoisotopic (exact) mass is 319 g/mol. The quantitative estimate of drug-likeness (QED) is 0.725. The van der Waals surface area contributed by atoms with Crippen LogP contribution in [0.15, 0.2) is 52.1 Å². The highest BCUT2D eigenvalue weighted by Crippen LogP contribution is 2.34. The second-order valence-electron chi connectivity index (χ2n) is 5.56. The van der Waals surface area contributed by atoms with Gasteiger partial charge in [-0.1, -0.05) is 36.4 Å². The van der Waals surface area contributed by atoms with Gasteiger partial charge in [0.2, 0.25) is 0 Å². The molecule has 1 heterocycles. The van der Waals surface area contributed by atoms with Gasteiger partial charge in [0.15, 0.2) is 0 Å². The fraction of sp³-hybridized carbons (Fsp3) is 0.412. The second kappa shape index (κ2) is 6.97. The number of rotatable bonds is 8. The van der Waals surface area contributed by atoms with Crippen molar-refractivity contribution in [1.29, 1.82) is 0 Å². The van der Waals surface area contributed by atoms with E-state index in [0.717, 1.165) is 12.2 Å². The first kappa shape index (κ1) is 15.1. The molecule has 0 aliphatic heterocycles. The van der Waals surface area contributed by atoms with Gasteiger partial charge in [0.05, 0.1) is 16.4 Å². The summed E-state index contributed by atoms with van der Waals surface area (Å²) in [5, 5.41) is 15.9. The van der Waals surface area contributed by atoms with Gasteiger partial charge >= 0.3 is 0 Å². The van der Waals surface area contributed by atoms with Gasteiger partial charge in [0, 0.05) is 11.8 Å². The largest absolute Gasteiger partial charge is 0.394 e. The number of thiophene rings is 1. The summed E-state index contributed by atoms with van der Waals surface area (Å²) in [5.74, 6) is 1.01. The Bertz CT molecular complexity index is 539. The minimum atomic E-state index is -0.299. The molecule has 2 aromatic rings. The summed E-state index contributed by atoms with van der Waals surface area (Å²) in [6.45, 7) is 0.151. The molecule has 0 radical (unpaired) electrons. The molecule has 1 aliphatic rings. The first-order valence-electron chi connectivity index (χ1n) is 7.43. The lowest BCUT2D eigenvalue weighted by Crippen LogP contribution is -2.47. The number of hydrogen-bond acceptors (Lipinski definition) is 4. The molecule has 21 heavy (non-hydrogen) atoms. The van der Waals surface area contributed by atoms with Gasteiger partial charge in [-0.2, -0.15) is 0 Å². The van der Waals surface area contributed by atoms with E-state index in [1.54, 1.807) is 11.3 Å². The van der Waals surface area contributed by atoms with Crippen molar-refractivity contribution in [3.05, 3.63) is 53.4 Å². The zero-order chi connectivity index (χ0) is 14.5. The first-order chi connectivity index (χ1) is 10.3. The fourth-order valence-electron chi connectivity index (χ4n) is 2.56. The SMILES string of the molecule is OCC(CCSc1cccs1)(NC1CC1)c1ccccc1. The van der Waals surface area contributed by atoms with Crippen LogP contribution >= 0.6 is 23.1 Å². The minimum Gasteiger partial charge on any atom is -0.394 e. The molecule has 4 heteroatoms. The Morgan fingerprint density at radius 2 is 2.00 bits per heavy atom. The van der Waals surface area contributed by atoms with E-state index >= 15 is 0 Å². The molecular formula is C17H21NOS2. The molecule has 2 N–H and O–H groups in total. The highest BCUT2D eigenvalue weighted by molar-refractivity contribution is 8.01. The summed E-state index contributed by atoms with van der Waals surface area (Å²) in [4.78, 5) is 0. The highest BCUT2D eigenvalue weighted by atomic mass is 32.2. The van der Waals surface area contributed by atoms with Crippen LogP contribution in [0, 0.1) is 0 Å². The van der Waals surface area contributed by atoms with Crippen LogP contribution in [0.1, 0.15) is 24.8 Å². The summed E-state index contributed by atoms with van der Waals surface area (Å²) in [6, 6.07) is 15.2. The van der Waals surface area contributed by atoms with Gasteiger partial charge in [0.1, 0.15) is 0 Å². The Labute approximate surface area is 134 Å². The maximum atomic E-state index is 10.1. The zero-order valence-electron chi connectivity index (χ0n) is 12.0. The molecule has 1 atom stereocenters. The van der Waals surface area contributed by atoms with Crippen molar-refractivity contribution in [1.82, 2.24) is 5.32 Å². The van der Waals surface area contributed by atoms with E-state index < -0.39 is 0 Å². The van der Waals surface area contributed by atoms with Gasteiger partial charge in [0.25, 0.3) is 0 Å². The Balaban J connectivity index is 1.71. The Kier molecular flexibility index (Phi) is 5.01. The van der Waals surface area contributed by atoms with Gasteiger partial charge in [-0.05, 0) is 36.3 Å². The highest BCUT2D eigenvalue weighted by Gasteiger charge is 2.36. The Morgan fingerprint density at radius 3 is 2.62 bits per heavy atom. The fourth-order valence-corrected chi connectivity index (χ4v) is 4.53. The average Bonchev–Trinajstić information content (AvgIpc) is 3.19. The lowest BCUT2D eigenvalue weighted by molar-refractivity contribution is 0.154. The number of aliphatic hydroxyl groups is 1. The number of thioether (sulfide) groups is 1. The van der Waals surface area contributed by atoms with Crippen molar-refractivity contribution in [3.8, 4) is 0 Å². The smallest absolute Gasteiger partial charge is 0.0679 e. The summed E-state index contributed by atoms with van der Waals surface area (Å²) in [6.07, 6.45) is 3.39. The third-order valence-corrected chi connectivity index (χ3v) is 6.05. The van der Waals surface area contributed by atoms with Crippen LogP contribution in [0.4, 0.5) is 0 Å². The summed E-state index contributed by atoms with van der Waals surface area (Å²) in [5.41, 5.74) is 0.901. The lowest BCUT2D eigenvalue weighted by Gasteiger charge is -2.34. The maximum absolute atomic E-state index is 10.1. The normalized spacial score (nSPS) is 17.6. The number of hydrogen-bond donors (Lipinski definition) is 2. The predicted octanol–water partition coefficient (Wildman–Crippen LogP) is 3.87. The van der Waals surface area contributed by atoms with Crippen molar-refractivity contribution < 1.29 is 5.11 Å². The molecule has 1 fully saturated rings. The number of aliphatic hydroxyl groups excluding tert-OH is 1. The van der Waals surface area contributed by atoms with Gasteiger partial charge in [-0.3, -0.25) is 0 Å². The van der Waals surface area contributed by atoms with E-state index in [2.05, 4.69) is 47.1 Å². The van der Waals surface area contributed by atoms with Crippen LogP contribution in [0.3, 0.4) is 0 Å². The molecule has 0 saturated heterocycles. The molecular weight excluding hydrogens is 298 g/mol. The maximum Gasteiger partial charge on any atom is 0.0679 e. The van der Waals surface area contributed by atoms with E-state index in [1.165, 1.54) is 22.6 Å². The predicted molar refractivity (Wildman–Crippen MR) is 91.0 cm³/mol. The molecule has 0 amide bonds. The van der Waals surface area contributed by atoms with Crippen molar-refractivity contribution in [2.75, 3.05) is 12.4 Å². The van der Waals surface area contributed by atoms with Crippen LogP contribution in [0.25, 0.3) is 0 Å². The molecule has 1 aliphatic carbocycles. The van der Waals surface area contributed by atoms with Crippen LogP contribution < -0.4 is 5.32 Å². The second-order valence-corrected chi connectivity index (χ2v) is 7.90. The molecule has 1 unspecified atom stereocenters. The summed E-state index contributed by atoms with van der Waals surface area (Å²) < 4.78 is 1.35. The van der Waals surface area contributed by atoms with E-state index in [9.17, 15) is 5.11 Å². The standard InChI is InChI=1S/C17H21NOS2/c19-13-17(18-15-8-9-15,14-5-2-1-3-6-14)10-12-21-16-7-4-11-20-16/h1-7,11,15,18-19H,8-10,12-13H2. The van der Waals surface area contributed by atoms with Gasteiger partial charge in [-0.15, -0.1) is 23.1 Å². The lowest BCUT2D eigenvalue weighted by atomic mass is 9.87. The van der Waals surface area contributed by atoms with Crippen LogP contribution in [-0.4, -0.2) is 23.5 Å². The van der Waals surface area contributed by atoms with E-state index in [-0.39, 0.29) is 12.1 Å². The van der Waals surface area contributed by atoms with Gasteiger partial charge < -0.3 is 10.4 Å². The van der Waals surface area contributed by atoms with E-state index in [4.69, 9.17) is 0 Å². The zero-order valence-corrected chi connectivity index (χ0v) is 13.6. The Hall–Kier alpha value is -0.810.